The second-order valence-electron chi connectivity index (χ2n) is 3.18. The van der Waals surface area contributed by atoms with Gasteiger partial charge in [-0.25, -0.2) is 0 Å². The molecule has 2 rings (SSSR count). The molecule has 50 valence electrons. The molecular formula is C7H10O2. The Labute approximate surface area is 53.9 Å². The van der Waals surface area contributed by atoms with E-state index in [9.17, 15) is 4.79 Å². The predicted molar refractivity (Wildman–Crippen MR) is 32.0 cm³/mol. The third-order valence-corrected chi connectivity index (χ3v) is 2.66. The minimum atomic E-state index is -0.569. The molecule has 3 atom stereocenters. The summed E-state index contributed by atoms with van der Waals surface area (Å²) in [6, 6.07) is 0. The molecule has 0 radical (unpaired) electrons. The summed E-state index contributed by atoms with van der Waals surface area (Å²) >= 11 is 0. The molecule has 0 bridgehead atoms. The highest BCUT2D eigenvalue weighted by atomic mass is 16.4. The zero-order valence-corrected chi connectivity index (χ0v) is 5.21. The van der Waals surface area contributed by atoms with Gasteiger partial charge in [-0.05, 0) is 31.1 Å². The van der Waals surface area contributed by atoms with Crippen LogP contribution in [0, 0.1) is 17.8 Å². The summed E-state index contributed by atoms with van der Waals surface area (Å²) in [4.78, 5) is 10.4. The van der Waals surface area contributed by atoms with Gasteiger partial charge in [-0.15, -0.1) is 0 Å². The molecule has 9 heavy (non-hydrogen) atoms. The minimum Gasteiger partial charge on any atom is -0.481 e. The van der Waals surface area contributed by atoms with Crippen LogP contribution in [0.15, 0.2) is 0 Å². The second-order valence-corrected chi connectivity index (χ2v) is 3.18. The number of fused-ring (bicyclic) bond motifs is 1. The van der Waals surface area contributed by atoms with Gasteiger partial charge in [0.2, 0.25) is 0 Å². The first-order valence-corrected chi connectivity index (χ1v) is 3.52. The van der Waals surface area contributed by atoms with Crippen molar-refractivity contribution in [3.63, 3.8) is 0 Å². The van der Waals surface area contributed by atoms with E-state index in [1.165, 1.54) is 12.8 Å². The maximum atomic E-state index is 10.4. The van der Waals surface area contributed by atoms with Crippen LogP contribution in [0.4, 0.5) is 0 Å². The fourth-order valence-corrected chi connectivity index (χ4v) is 2.01. The van der Waals surface area contributed by atoms with Crippen LogP contribution in [-0.2, 0) is 4.79 Å². The van der Waals surface area contributed by atoms with E-state index in [1.54, 1.807) is 0 Å². The Bertz CT molecular complexity index is 153. The van der Waals surface area contributed by atoms with E-state index in [4.69, 9.17) is 5.11 Å². The van der Waals surface area contributed by atoms with E-state index in [2.05, 4.69) is 0 Å². The molecule has 2 fully saturated rings. The van der Waals surface area contributed by atoms with Gasteiger partial charge in [0.1, 0.15) is 0 Å². The summed E-state index contributed by atoms with van der Waals surface area (Å²) in [5, 5.41) is 8.61. The molecule has 2 aliphatic rings. The van der Waals surface area contributed by atoms with Crippen LogP contribution in [0.5, 0.6) is 0 Å². The van der Waals surface area contributed by atoms with Gasteiger partial charge in [-0.2, -0.15) is 0 Å². The summed E-state index contributed by atoms with van der Waals surface area (Å²) in [6.45, 7) is 0. The van der Waals surface area contributed by atoms with Crippen molar-refractivity contribution in [3.05, 3.63) is 0 Å². The van der Waals surface area contributed by atoms with Gasteiger partial charge < -0.3 is 5.11 Å². The summed E-state index contributed by atoms with van der Waals surface area (Å²) in [6.07, 6.45) is 3.29. The van der Waals surface area contributed by atoms with Crippen LogP contribution in [0.2, 0.25) is 0 Å². The average molecular weight is 126 g/mol. The van der Waals surface area contributed by atoms with Gasteiger partial charge in [-0.3, -0.25) is 4.79 Å². The van der Waals surface area contributed by atoms with Crippen molar-refractivity contribution >= 4 is 5.97 Å². The zero-order valence-electron chi connectivity index (χ0n) is 5.21. The monoisotopic (exact) mass is 126 g/mol. The zero-order chi connectivity index (χ0) is 6.43. The number of aliphatic carboxylic acids is 1. The highest BCUT2D eigenvalue weighted by molar-refractivity contribution is 5.71. The third-order valence-electron chi connectivity index (χ3n) is 2.66. The topological polar surface area (TPSA) is 37.3 Å². The number of carboxylic acids is 1. The number of carboxylic acid groups (broad SMARTS) is 1. The maximum absolute atomic E-state index is 10.4. The van der Waals surface area contributed by atoms with Crippen LogP contribution in [0.25, 0.3) is 0 Å². The van der Waals surface area contributed by atoms with Crippen molar-refractivity contribution in [2.75, 3.05) is 0 Å². The fraction of sp³-hybridized carbons (Fsp3) is 0.857. The van der Waals surface area contributed by atoms with Crippen molar-refractivity contribution in [1.29, 1.82) is 0 Å². The molecule has 0 saturated heterocycles. The van der Waals surface area contributed by atoms with Crippen molar-refractivity contribution in [3.8, 4) is 0 Å². The van der Waals surface area contributed by atoms with Gasteiger partial charge in [0.15, 0.2) is 0 Å². The first kappa shape index (κ1) is 5.27. The largest absolute Gasteiger partial charge is 0.481 e. The molecule has 0 aromatic rings. The molecule has 2 saturated carbocycles. The molecule has 0 unspecified atom stereocenters. The smallest absolute Gasteiger partial charge is 0.306 e. The number of carbonyl (C=O) groups is 1. The van der Waals surface area contributed by atoms with E-state index < -0.39 is 5.97 Å². The van der Waals surface area contributed by atoms with E-state index in [0.717, 1.165) is 12.3 Å². The van der Waals surface area contributed by atoms with Crippen molar-refractivity contribution in [1.82, 2.24) is 0 Å². The normalized spacial score (nSPS) is 46.4. The SMILES string of the molecule is O=C(O)[C@@H]1CC[C@@H]2C[C@@H]21. The first-order valence-electron chi connectivity index (χ1n) is 3.52. The Balaban J connectivity index is 2.06. The maximum Gasteiger partial charge on any atom is 0.306 e. The Morgan fingerprint density at radius 3 is 2.44 bits per heavy atom. The van der Waals surface area contributed by atoms with E-state index in [-0.39, 0.29) is 5.92 Å². The molecular weight excluding hydrogens is 116 g/mol. The quantitative estimate of drug-likeness (QED) is 0.571. The van der Waals surface area contributed by atoms with E-state index >= 15 is 0 Å². The van der Waals surface area contributed by atoms with Gasteiger partial charge in [-0.1, -0.05) is 0 Å². The Hall–Kier alpha value is -0.530. The highest BCUT2D eigenvalue weighted by Crippen LogP contribution is 2.55. The average Bonchev–Trinajstić information content (AvgIpc) is 2.43. The van der Waals surface area contributed by atoms with Crippen molar-refractivity contribution in [2.45, 2.75) is 19.3 Å². The highest BCUT2D eigenvalue weighted by Gasteiger charge is 2.50. The molecule has 0 spiro atoms. The number of rotatable bonds is 1. The molecule has 1 N–H and O–H groups in total. The molecule has 0 aromatic carbocycles. The number of hydrogen-bond acceptors (Lipinski definition) is 1. The van der Waals surface area contributed by atoms with Crippen LogP contribution >= 0.6 is 0 Å². The first-order chi connectivity index (χ1) is 4.29. The van der Waals surface area contributed by atoms with Gasteiger partial charge >= 0.3 is 5.97 Å². The lowest BCUT2D eigenvalue weighted by Gasteiger charge is -2.02. The second kappa shape index (κ2) is 1.49. The van der Waals surface area contributed by atoms with Crippen LogP contribution in [-0.4, -0.2) is 11.1 Å². The minimum absolute atomic E-state index is 0.0231. The van der Waals surface area contributed by atoms with Crippen molar-refractivity contribution in [2.24, 2.45) is 17.8 Å². The Morgan fingerprint density at radius 2 is 2.22 bits per heavy atom. The summed E-state index contributed by atoms with van der Waals surface area (Å²) in [5.74, 6) is 0.823. The fourth-order valence-electron chi connectivity index (χ4n) is 2.01. The van der Waals surface area contributed by atoms with Crippen LogP contribution in [0.3, 0.4) is 0 Å². The molecule has 0 aromatic heterocycles. The molecule has 2 heteroatoms. The van der Waals surface area contributed by atoms with Crippen LogP contribution < -0.4 is 0 Å². The van der Waals surface area contributed by atoms with Gasteiger partial charge in [0.25, 0.3) is 0 Å². The molecule has 2 nitrogen and oxygen atoms in total. The Kier molecular flexibility index (Phi) is 0.875. The lowest BCUT2D eigenvalue weighted by Crippen LogP contribution is -2.12. The Morgan fingerprint density at radius 1 is 1.44 bits per heavy atom. The summed E-state index contributed by atoms with van der Waals surface area (Å²) < 4.78 is 0. The van der Waals surface area contributed by atoms with E-state index in [0.29, 0.717) is 5.92 Å². The van der Waals surface area contributed by atoms with Crippen molar-refractivity contribution < 1.29 is 9.90 Å². The molecule has 0 aliphatic heterocycles. The van der Waals surface area contributed by atoms with Crippen LogP contribution in [0.1, 0.15) is 19.3 Å². The van der Waals surface area contributed by atoms with Gasteiger partial charge in [0.05, 0.1) is 5.92 Å². The standard InChI is InChI=1S/C7H10O2/c8-7(9)5-2-1-4-3-6(4)5/h4-6H,1-3H2,(H,8,9)/t4-,5-,6+/m1/s1. The lowest BCUT2D eigenvalue weighted by molar-refractivity contribution is -0.142. The molecule has 0 heterocycles. The molecule has 0 amide bonds. The third kappa shape index (κ3) is 0.655. The van der Waals surface area contributed by atoms with E-state index in [1.807, 2.05) is 0 Å². The predicted octanol–water partition coefficient (Wildman–Crippen LogP) is 1.12. The summed E-state index contributed by atoms with van der Waals surface area (Å²) in [5.41, 5.74) is 0. The molecule has 2 aliphatic carbocycles. The number of hydrogen-bond donors (Lipinski definition) is 1. The van der Waals surface area contributed by atoms with Gasteiger partial charge in [0, 0.05) is 0 Å². The lowest BCUT2D eigenvalue weighted by atomic mass is 10.0. The summed E-state index contributed by atoms with van der Waals surface area (Å²) in [7, 11) is 0.